The molecule has 0 spiro atoms. The SMILES string of the molecule is CNC(=O)c1cc(Oc2ccc3c(c2)CC(NC(=O)c2cc(C(F)(F)F)ccc2Cl)CC3)ccn1. The van der Waals surface area contributed by atoms with Gasteiger partial charge in [-0.15, -0.1) is 0 Å². The van der Waals surface area contributed by atoms with E-state index < -0.39 is 17.6 Å². The quantitative estimate of drug-likeness (QED) is 0.502. The average molecular weight is 504 g/mol. The Bertz CT molecular complexity index is 1280. The number of fused-ring (bicyclic) bond motifs is 1. The Hall–Kier alpha value is -3.59. The summed E-state index contributed by atoms with van der Waals surface area (Å²) in [5, 5.41) is 5.27. The number of nitrogens with one attached hydrogen (secondary N) is 2. The lowest BCUT2D eigenvalue weighted by molar-refractivity contribution is -0.137. The third kappa shape index (κ3) is 5.74. The molecule has 1 aromatic heterocycles. The Morgan fingerprint density at radius 2 is 1.80 bits per heavy atom. The van der Waals surface area contributed by atoms with Crippen LogP contribution in [0.5, 0.6) is 11.5 Å². The number of rotatable bonds is 5. The van der Waals surface area contributed by atoms with E-state index in [9.17, 15) is 22.8 Å². The van der Waals surface area contributed by atoms with Crippen LogP contribution in [0.25, 0.3) is 0 Å². The number of amides is 2. The highest BCUT2D eigenvalue weighted by molar-refractivity contribution is 6.33. The third-order valence-corrected chi connectivity index (χ3v) is 6.04. The number of nitrogens with zero attached hydrogens (tertiary/aromatic N) is 1. The summed E-state index contributed by atoms with van der Waals surface area (Å²) in [6, 6.07) is 11.2. The van der Waals surface area contributed by atoms with E-state index in [2.05, 4.69) is 15.6 Å². The maximum atomic E-state index is 13.1. The molecule has 1 atom stereocenters. The van der Waals surface area contributed by atoms with Gasteiger partial charge in [0.15, 0.2) is 0 Å². The predicted octanol–water partition coefficient (Wildman–Crippen LogP) is 5.19. The summed E-state index contributed by atoms with van der Waals surface area (Å²) in [5.41, 5.74) is 1.13. The first kappa shape index (κ1) is 24.5. The fourth-order valence-electron chi connectivity index (χ4n) is 3.92. The van der Waals surface area contributed by atoms with Gasteiger partial charge in [0.25, 0.3) is 11.8 Å². The summed E-state index contributed by atoms with van der Waals surface area (Å²) < 4.78 is 45.0. The molecule has 182 valence electrons. The molecular weight excluding hydrogens is 483 g/mol. The Morgan fingerprint density at radius 3 is 2.54 bits per heavy atom. The normalized spacial score (nSPS) is 15.2. The zero-order chi connectivity index (χ0) is 25.2. The molecule has 2 N–H and O–H groups in total. The summed E-state index contributed by atoms with van der Waals surface area (Å²) in [4.78, 5) is 28.5. The number of halogens is 4. The van der Waals surface area contributed by atoms with Crippen LogP contribution in [0.1, 0.15) is 44.0 Å². The highest BCUT2D eigenvalue weighted by Gasteiger charge is 2.32. The third-order valence-electron chi connectivity index (χ3n) is 5.71. The van der Waals surface area contributed by atoms with Gasteiger partial charge < -0.3 is 15.4 Å². The van der Waals surface area contributed by atoms with Crippen molar-refractivity contribution in [1.29, 1.82) is 0 Å². The molecule has 10 heteroatoms. The molecule has 2 amide bonds. The first-order valence-electron chi connectivity index (χ1n) is 10.8. The average Bonchev–Trinajstić information content (AvgIpc) is 2.83. The van der Waals surface area contributed by atoms with Gasteiger partial charge in [-0.3, -0.25) is 14.6 Å². The number of alkyl halides is 3. The highest BCUT2D eigenvalue weighted by Crippen LogP contribution is 2.32. The van der Waals surface area contributed by atoms with E-state index in [1.165, 1.54) is 19.3 Å². The van der Waals surface area contributed by atoms with Crippen molar-refractivity contribution >= 4 is 23.4 Å². The largest absolute Gasteiger partial charge is 0.457 e. The van der Waals surface area contributed by atoms with Crippen molar-refractivity contribution < 1.29 is 27.5 Å². The van der Waals surface area contributed by atoms with E-state index in [-0.39, 0.29) is 28.2 Å². The monoisotopic (exact) mass is 503 g/mol. The molecule has 1 aliphatic carbocycles. The Morgan fingerprint density at radius 1 is 1.03 bits per heavy atom. The summed E-state index contributed by atoms with van der Waals surface area (Å²) >= 11 is 6.00. The lowest BCUT2D eigenvalue weighted by Crippen LogP contribution is -2.39. The van der Waals surface area contributed by atoms with E-state index >= 15 is 0 Å². The molecule has 0 aliphatic heterocycles. The number of carbonyl (C=O) groups excluding carboxylic acids is 2. The summed E-state index contributed by atoms with van der Waals surface area (Å²) in [6.45, 7) is 0. The van der Waals surface area contributed by atoms with Gasteiger partial charge in [0.2, 0.25) is 0 Å². The maximum Gasteiger partial charge on any atom is 0.416 e. The van der Waals surface area contributed by atoms with Crippen LogP contribution in [-0.4, -0.2) is 29.9 Å². The fourth-order valence-corrected chi connectivity index (χ4v) is 4.13. The van der Waals surface area contributed by atoms with Crippen molar-refractivity contribution in [2.75, 3.05) is 7.05 Å². The van der Waals surface area contributed by atoms with Crippen molar-refractivity contribution in [3.8, 4) is 11.5 Å². The van der Waals surface area contributed by atoms with Crippen molar-refractivity contribution in [2.45, 2.75) is 31.5 Å². The minimum Gasteiger partial charge on any atom is -0.457 e. The molecule has 1 heterocycles. The van der Waals surface area contributed by atoms with Crippen LogP contribution in [0.15, 0.2) is 54.7 Å². The summed E-state index contributed by atoms with van der Waals surface area (Å²) in [7, 11) is 1.51. The molecule has 0 saturated heterocycles. The first-order chi connectivity index (χ1) is 16.6. The summed E-state index contributed by atoms with van der Waals surface area (Å²) in [5.74, 6) is 0.00456. The Kier molecular flexibility index (Phi) is 6.98. The smallest absolute Gasteiger partial charge is 0.416 e. The van der Waals surface area contributed by atoms with Crippen LogP contribution >= 0.6 is 11.6 Å². The topological polar surface area (TPSA) is 80.3 Å². The number of aromatic nitrogens is 1. The molecule has 2 aromatic carbocycles. The number of ether oxygens (including phenoxy) is 1. The number of benzene rings is 2. The Labute approximate surface area is 204 Å². The standard InChI is InChI=1S/C25H21ClF3N3O3/c1-30-24(34)22-13-19(8-9-31-22)35-18-6-3-14-2-5-17(10-15(14)11-18)32-23(33)20-12-16(25(27,28)29)4-7-21(20)26/h3-4,6-9,11-13,17H,2,5,10H2,1H3,(H,30,34)(H,32,33). The van der Waals surface area contributed by atoms with Crippen LogP contribution < -0.4 is 15.4 Å². The highest BCUT2D eigenvalue weighted by atomic mass is 35.5. The molecule has 0 radical (unpaired) electrons. The second-order valence-electron chi connectivity index (χ2n) is 8.09. The van der Waals surface area contributed by atoms with Gasteiger partial charge in [-0.25, -0.2) is 0 Å². The van der Waals surface area contributed by atoms with Crippen molar-refractivity contribution in [2.24, 2.45) is 0 Å². The lowest BCUT2D eigenvalue weighted by atomic mass is 9.88. The fraction of sp³-hybridized carbons (Fsp3) is 0.240. The van der Waals surface area contributed by atoms with Crippen LogP contribution in [0, 0.1) is 0 Å². The van der Waals surface area contributed by atoms with Gasteiger partial charge in [0, 0.05) is 25.4 Å². The zero-order valence-electron chi connectivity index (χ0n) is 18.6. The van der Waals surface area contributed by atoms with E-state index in [0.717, 1.165) is 29.3 Å². The first-order valence-corrected chi connectivity index (χ1v) is 11.2. The van der Waals surface area contributed by atoms with Gasteiger partial charge in [-0.2, -0.15) is 13.2 Å². The molecule has 0 bridgehead atoms. The van der Waals surface area contributed by atoms with Gasteiger partial charge in [-0.1, -0.05) is 17.7 Å². The second-order valence-corrected chi connectivity index (χ2v) is 8.50. The molecule has 4 rings (SSSR count). The Balaban J connectivity index is 1.47. The maximum absolute atomic E-state index is 13.1. The van der Waals surface area contributed by atoms with E-state index in [0.29, 0.717) is 30.8 Å². The minimum absolute atomic E-state index is 0.0455. The zero-order valence-corrected chi connectivity index (χ0v) is 19.3. The van der Waals surface area contributed by atoms with E-state index in [4.69, 9.17) is 16.3 Å². The number of hydrogen-bond donors (Lipinski definition) is 2. The van der Waals surface area contributed by atoms with Crippen molar-refractivity contribution in [3.05, 3.63) is 87.7 Å². The molecule has 6 nitrogen and oxygen atoms in total. The molecule has 35 heavy (non-hydrogen) atoms. The predicted molar refractivity (Wildman–Crippen MR) is 124 cm³/mol. The number of aryl methyl sites for hydroxylation is 1. The van der Waals surface area contributed by atoms with Gasteiger partial charge >= 0.3 is 6.18 Å². The van der Waals surface area contributed by atoms with Crippen molar-refractivity contribution in [3.63, 3.8) is 0 Å². The number of hydrogen-bond acceptors (Lipinski definition) is 4. The number of pyridine rings is 1. The molecule has 1 unspecified atom stereocenters. The number of carbonyl (C=O) groups is 2. The molecule has 1 aliphatic rings. The lowest BCUT2D eigenvalue weighted by Gasteiger charge is -2.26. The van der Waals surface area contributed by atoms with Crippen LogP contribution in [0.2, 0.25) is 5.02 Å². The van der Waals surface area contributed by atoms with Gasteiger partial charge in [0.05, 0.1) is 16.1 Å². The van der Waals surface area contributed by atoms with Crippen LogP contribution in [0.3, 0.4) is 0 Å². The molecule has 3 aromatic rings. The van der Waals surface area contributed by atoms with E-state index in [1.807, 2.05) is 18.2 Å². The second kappa shape index (κ2) is 9.95. The van der Waals surface area contributed by atoms with Gasteiger partial charge in [-0.05, 0) is 66.8 Å². The summed E-state index contributed by atoms with van der Waals surface area (Å²) in [6.07, 6.45) is -1.30. The molecule has 0 fully saturated rings. The molecular formula is C25H21ClF3N3O3. The van der Waals surface area contributed by atoms with Crippen molar-refractivity contribution in [1.82, 2.24) is 15.6 Å². The van der Waals surface area contributed by atoms with E-state index in [1.54, 1.807) is 6.07 Å². The van der Waals surface area contributed by atoms with Crippen LogP contribution in [-0.2, 0) is 19.0 Å². The van der Waals surface area contributed by atoms with Gasteiger partial charge in [0.1, 0.15) is 17.2 Å². The van der Waals surface area contributed by atoms with Crippen LogP contribution in [0.4, 0.5) is 13.2 Å². The minimum atomic E-state index is -4.57. The molecule has 0 saturated carbocycles.